The van der Waals surface area contributed by atoms with Gasteiger partial charge < -0.3 is 0 Å². The Kier molecular flexibility index (Phi) is 3.98. The first kappa shape index (κ1) is 8.38. The number of hydrogen-bond donors (Lipinski definition) is 0. The molecule has 0 bridgehead atoms. The topological polar surface area (TPSA) is 0 Å². The third-order valence-corrected chi connectivity index (χ3v) is 0.940. The fraction of sp³-hybridized carbons (Fsp3) is 0. The zero-order valence-electron chi connectivity index (χ0n) is 5.46. The third kappa shape index (κ3) is 2.43. The maximum atomic E-state index is 5.10. The van der Waals surface area contributed by atoms with Crippen LogP contribution < -0.4 is 0 Å². The minimum Gasteiger partial charge on any atom is -0.115 e. The molecule has 0 amide bonds. The van der Waals surface area contributed by atoms with Crippen molar-refractivity contribution in [2.45, 2.75) is 0 Å². The molecule has 0 saturated carbocycles. The molecule has 0 atom stereocenters. The van der Waals surface area contributed by atoms with Crippen LogP contribution in [0.2, 0.25) is 0 Å². The van der Waals surface area contributed by atoms with Gasteiger partial charge >= 0.3 is 0 Å². The van der Waals surface area contributed by atoms with Crippen LogP contribution in [0.5, 0.6) is 0 Å². The van der Waals surface area contributed by atoms with Crippen LogP contribution >= 0.6 is 0 Å². The molecule has 0 aliphatic rings. The van der Waals surface area contributed by atoms with E-state index in [4.69, 9.17) is 6.42 Å². The quantitative estimate of drug-likeness (QED) is 0.348. The molecular weight excluding hydrogens is 103 g/mol. The van der Waals surface area contributed by atoms with E-state index in [1.165, 1.54) is 0 Å². The van der Waals surface area contributed by atoms with Crippen LogP contribution in [0.25, 0.3) is 0 Å². The first-order valence-electron chi connectivity index (χ1n) is 2.45. The van der Waals surface area contributed by atoms with Crippen LogP contribution in [0.1, 0.15) is 5.56 Å². The summed E-state index contributed by atoms with van der Waals surface area (Å²) in [5.74, 6) is 2.53. The summed E-state index contributed by atoms with van der Waals surface area (Å²) in [5.41, 5.74) is 0.938. The molecule has 1 heteroatoms. The smallest absolute Gasteiger partial charge is 0.0242 e. The summed E-state index contributed by atoms with van der Waals surface area (Å²) >= 11 is 0. The number of hydrogen-bond acceptors (Lipinski definition) is 0. The van der Waals surface area contributed by atoms with Gasteiger partial charge in [-0.3, -0.25) is 0 Å². The van der Waals surface area contributed by atoms with E-state index in [9.17, 15) is 0 Å². The maximum absolute atomic E-state index is 5.10. The summed E-state index contributed by atoms with van der Waals surface area (Å²) < 4.78 is 0. The van der Waals surface area contributed by atoms with Crippen LogP contribution in [-0.4, -0.2) is 18.9 Å². The molecule has 1 aromatic rings. The van der Waals surface area contributed by atoms with E-state index in [1.54, 1.807) is 0 Å². The van der Waals surface area contributed by atoms with Gasteiger partial charge in [0.15, 0.2) is 0 Å². The van der Waals surface area contributed by atoms with E-state index in [-0.39, 0.29) is 18.9 Å². The molecule has 39 valence electrons. The molecule has 0 fully saturated rings. The second kappa shape index (κ2) is 4.28. The Morgan fingerprint density at radius 1 is 1.11 bits per heavy atom. The molecule has 1 radical (unpaired) electrons. The van der Waals surface area contributed by atoms with Crippen molar-refractivity contribution in [1.82, 2.24) is 0 Å². The maximum Gasteiger partial charge on any atom is 0.0242 e. The first-order chi connectivity index (χ1) is 3.93. The Hall–Kier alpha value is -0.623. The summed E-state index contributed by atoms with van der Waals surface area (Å²) in [6, 6.07) is 9.60. The van der Waals surface area contributed by atoms with E-state index in [0.29, 0.717) is 0 Å². The minimum atomic E-state index is 0. The molecule has 0 nitrogen and oxygen atoms in total. The van der Waals surface area contributed by atoms with Crippen LogP contribution in [0, 0.1) is 12.3 Å². The first-order valence-corrected chi connectivity index (χ1v) is 2.45. The largest absolute Gasteiger partial charge is 0.115 e. The zero-order chi connectivity index (χ0) is 5.82. The van der Waals surface area contributed by atoms with Crippen molar-refractivity contribution in [3.05, 3.63) is 35.9 Å². The van der Waals surface area contributed by atoms with Gasteiger partial charge in [-0.1, -0.05) is 24.1 Å². The molecule has 9 heavy (non-hydrogen) atoms. The standard InChI is InChI=1S/C8H6.Li/c1-2-8-6-4-3-5-7-8;/h1,3-7H;. The Bertz CT molecular complexity index is 196. The van der Waals surface area contributed by atoms with Crippen molar-refractivity contribution in [3.63, 3.8) is 0 Å². The van der Waals surface area contributed by atoms with Crippen molar-refractivity contribution in [2.75, 3.05) is 0 Å². The van der Waals surface area contributed by atoms with Crippen LogP contribution in [0.3, 0.4) is 0 Å². The third-order valence-electron chi connectivity index (χ3n) is 0.940. The summed E-state index contributed by atoms with van der Waals surface area (Å²) in [4.78, 5) is 0. The molecule has 0 aliphatic heterocycles. The van der Waals surface area contributed by atoms with E-state index in [2.05, 4.69) is 5.92 Å². The predicted octanol–water partition coefficient (Wildman–Crippen LogP) is 1.29. The van der Waals surface area contributed by atoms with Crippen LogP contribution in [0.4, 0.5) is 0 Å². The van der Waals surface area contributed by atoms with E-state index in [1.807, 2.05) is 30.3 Å². The predicted molar refractivity (Wildman–Crippen MR) is 40.1 cm³/mol. The van der Waals surface area contributed by atoms with Gasteiger partial charge in [0.1, 0.15) is 0 Å². The summed E-state index contributed by atoms with van der Waals surface area (Å²) in [7, 11) is 0. The van der Waals surface area contributed by atoms with Crippen molar-refractivity contribution in [1.29, 1.82) is 0 Å². The molecule has 1 aromatic carbocycles. The minimum absolute atomic E-state index is 0. The van der Waals surface area contributed by atoms with Crippen molar-refractivity contribution in [2.24, 2.45) is 0 Å². The fourth-order valence-electron chi connectivity index (χ4n) is 0.534. The summed E-state index contributed by atoms with van der Waals surface area (Å²) in [6.45, 7) is 0. The SMILES string of the molecule is C#Cc1ccccc1.[Li]. The molecule has 0 aliphatic carbocycles. The molecule has 0 spiro atoms. The molecular formula is C8H6Li. The van der Waals surface area contributed by atoms with Gasteiger partial charge in [-0.15, -0.1) is 6.42 Å². The Morgan fingerprint density at radius 3 is 2.00 bits per heavy atom. The molecule has 0 saturated heterocycles. The molecule has 0 aromatic heterocycles. The number of rotatable bonds is 0. The van der Waals surface area contributed by atoms with Crippen LogP contribution in [0.15, 0.2) is 30.3 Å². The molecule has 1 rings (SSSR count). The van der Waals surface area contributed by atoms with E-state index >= 15 is 0 Å². The second-order valence-corrected chi connectivity index (χ2v) is 1.51. The summed E-state index contributed by atoms with van der Waals surface area (Å²) in [5, 5.41) is 0. The van der Waals surface area contributed by atoms with Gasteiger partial charge in [-0.25, -0.2) is 0 Å². The van der Waals surface area contributed by atoms with E-state index in [0.717, 1.165) is 5.56 Å². The number of terminal acetylenes is 1. The fourth-order valence-corrected chi connectivity index (χ4v) is 0.534. The van der Waals surface area contributed by atoms with Gasteiger partial charge in [0.05, 0.1) is 0 Å². The Balaban J connectivity index is 0.000000640. The van der Waals surface area contributed by atoms with Crippen molar-refractivity contribution in [3.8, 4) is 12.3 Å². The van der Waals surface area contributed by atoms with Gasteiger partial charge in [-0.05, 0) is 12.1 Å². The van der Waals surface area contributed by atoms with Gasteiger partial charge in [0, 0.05) is 24.4 Å². The normalized spacial score (nSPS) is 7.00. The Morgan fingerprint density at radius 2 is 1.67 bits per heavy atom. The van der Waals surface area contributed by atoms with Gasteiger partial charge in [0.2, 0.25) is 0 Å². The molecule has 0 heterocycles. The van der Waals surface area contributed by atoms with E-state index < -0.39 is 0 Å². The van der Waals surface area contributed by atoms with Gasteiger partial charge in [-0.2, -0.15) is 0 Å². The Labute approximate surface area is 67.5 Å². The molecule has 0 N–H and O–H groups in total. The van der Waals surface area contributed by atoms with Gasteiger partial charge in [0.25, 0.3) is 0 Å². The molecule has 0 unspecified atom stereocenters. The zero-order valence-corrected chi connectivity index (χ0v) is 5.46. The van der Waals surface area contributed by atoms with Crippen LogP contribution in [-0.2, 0) is 0 Å². The average Bonchev–Trinajstić information content (AvgIpc) is 1.90. The monoisotopic (exact) mass is 109 g/mol. The summed E-state index contributed by atoms with van der Waals surface area (Å²) in [6.07, 6.45) is 5.10. The second-order valence-electron chi connectivity index (χ2n) is 1.51. The van der Waals surface area contributed by atoms with Crippen molar-refractivity contribution >= 4 is 18.9 Å². The van der Waals surface area contributed by atoms with Crippen molar-refractivity contribution < 1.29 is 0 Å². The number of benzene rings is 1. The average molecular weight is 109 g/mol.